The van der Waals surface area contributed by atoms with Crippen LogP contribution in [0, 0.1) is 0 Å². The van der Waals surface area contributed by atoms with Crippen LogP contribution in [-0.2, 0) is 29.0 Å². The Morgan fingerprint density at radius 3 is 2.79 bits per heavy atom. The van der Waals surface area contributed by atoms with Gasteiger partial charge in [0.05, 0.1) is 12.2 Å². The Kier molecular flexibility index (Phi) is 5.89. The van der Waals surface area contributed by atoms with Crippen molar-refractivity contribution in [3.8, 4) is 0 Å². The molecule has 1 aromatic carbocycles. The molecule has 7 nitrogen and oxygen atoms in total. The van der Waals surface area contributed by atoms with Gasteiger partial charge in [0, 0.05) is 11.3 Å². The molecule has 4 amide bonds. The molecule has 0 radical (unpaired) electrons. The number of amides is 4. The van der Waals surface area contributed by atoms with E-state index in [2.05, 4.69) is 15.6 Å². The molecular weight excluding hydrogens is 388 g/mol. The highest BCUT2D eigenvalue weighted by Crippen LogP contribution is 2.29. The van der Waals surface area contributed by atoms with Crippen LogP contribution in [-0.4, -0.2) is 33.8 Å². The summed E-state index contributed by atoms with van der Waals surface area (Å²) in [7, 11) is 0. The van der Waals surface area contributed by atoms with Crippen LogP contribution in [0.3, 0.4) is 0 Å². The van der Waals surface area contributed by atoms with Gasteiger partial charge in [0.25, 0.3) is 5.91 Å². The second-order valence-electron chi connectivity index (χ2n) is 7.45. The minimum absolute atomic E-state index is 0.153. The van der Waals surface area contributed by atoms with E-state index in [9.17, 15) is 14.4 Å². The number of urea groups is 1. The van der Waals surface area contributed by atoms with Gasteiger partial charge in [0.15, 0.2) is 5.13 Å². The molecule has 29 heavy (non-hydrogen) atoms. The summed E-state index contributed by atoms with van der Waals surface area (Å²) in [6.45, 7) is 0.235. The summed E-state index contributed by atoms with van der Waals surface area (Å²) in [5.74, 6) is -0.468. The molecule has 2 aliphatic rings. The third kappa shape index (κ3) is 4.64. The Balaban J connectivity index is 1.29. The van der Waals surface area contributed by atoms with Crippen LogP contribution in [0.1, 0.15) is 48.2 Å². The van der Waals surface area contributed by atoms with Crippen molar-refractivity contribution in [1.82, 2.24) is 15.2 Å². The summed E-state index contributed by atoms with van der Waals surface area (Å²) >= 11 is 1.55. The summed E-state index contributed by atoms with van der Waals surface area (Å²) in [6, 6.07) is 8.30. The molecule has 0 saturated carbocycles. The van der Waals surface area contributed by atoms with E-state index >= 15 is 0 Å². The fourth-order valence-electron chi connectivity index (χ4n) is 3.73. The number of imide groups is 1. The van der Waals surface area contributed by atoms with Gasteiger partial charge in [0.1, 0.15) is 6.04 Å². The minimum Gasteiger partial charge on any atom is -0.326 e. The molecule has 0 bridgehead atoms. The maximum absolute atomic E-state index is 12.6. The molecule has 1 aromatic heterocycles. The molecule has 0 spiro atoms. The number of aryl methyl sites for hydroxylation is 2. The Hall–Kier alpha value is -2.74. The molecule has 0 unspecified atom stereocenters. The number of thiazole rings is 1. The number of carbonyl (C=O) groups is 3. The van der Waals surface area contributed by atoms with Crippen molar-refractivity contribution in [2.24, 2.45) is 0 Å². The van der Waals surface area contributed by atoms with Crippen molar-refractivity contribution in [2.75, 3.05) is 5.32 Å². The Labute approximate surface area is 173 Å². The second kappa shape index (κ2) is 8.73. The standard InChI is InChI=1S/C21H24N4O3S/c26-18(24-20-22-15-9-5-2-6-10-17(15)29-20)12-11-16-19(27)25(21(28)23-16)13-14-7-3-1-4-8-14/h1,3-4,7-8,16H,2,5-6,9-13H2,(H,23,28)(H,22,24,26)/t16-/m0/s1. The van der Waals surface area contributed by atoms with Crippen LogP contribution in [0.4, 0.5) is 9.93 Å². The zero-order valence-corrected chi connectivity index (χ0v) is 17.0. The zero-order chi connectivity index (χ0) is 20.2. The number of rotatable bonds is 6. The molecule has 1 saturated heterocycles. The first-order chi connectivity index (χ1) is 14.1. The van der Waals surface area contributed by atoms with E-state index in [1.165, 1.54) is 22.6 Å². The van der Waals surface area contributed by atoms with Gasteiger partial charge in [-0.15, -0.1) is 11.3 Å². The van der Waals surface area contributed by atoms with Crippen LogP contribution in [0.2, 0.25) is 0 Å². The second-order valence-corrected chi connectivity index (χ2v) is 8.53. The van der Waals surface area contributed by atoms with Crippen molar-refractivity contribution in [3.63, 3.8) is 0 Å². The average Bonchev–Trinajstić information content (AvgIpc) is 3.12. The molecule has 1 aliphatic carbocycles. The molecule has 1 aliphatic heterocycles. The lowest BCUT2D eigenvalue weighted by molar-refractivity contribution is -0.128. The highest BCUT2D eigenvalue weighted by Gasteiger charge is 2.37. The average molecular weight is 413 g/mol. The van der Waals surface area contributed by atoms with Gasteiger partial charge >= 0.3 is 6.03 Å². The molecule has 2 aromatic rings. The van der Waals surface area contributed by atoms with Crippen molar-refractivity contribution >= 4 is 34.3 Å². The van der Waals surface area contributed by atoms with Crippen molar-refractivity contribution in [2.45, 2.75) is 57.5 Å². The fraction of sp³-hybridized carbons (Fsp3) is 0.429. The monoisotopic (exact) mass is 412 g/mol. The van der Waals surface area contributed by atoms with Crippen molar-refractivity contribution in [3.05, 3.63) is 46.5 Å². The molecule has 8 heteroatoms. The molecule has 1 fully saturated rings. The summed E-state index contributed by atoms with van der Waals surface area (Å²) in [6.07, 6.45) is 5.98. The lowest BCUT2D eigenvalue weighted by atomic mass is 10.1. The van der Waals surface area contributed by atoms with Gasteiger partial charge in [-0.3, -0.25) is 14.5 Å². The van der Waals surface area contributed by atoms with Crippen LogP contribution < -0.4 is 10.6 Å². The maximum atomic E-state index is 12.6. The van der Waals surface area contributed by atoms with E-state index in [-0.39, 0.29) is 31.2 Å². The topological polar surface area (TPSA) is 91.4 Å². The zero-order valence-electron chi connectivity index (χ0n) is 16.1. The summed E-state index contributed by atoms with van der Waals surface area (Å²) in [5.41, 5.74) is 2.00. The van der Waals surface area contributed by atoms with Crippen LogP contribution in [0.5, 0.6) is 0 Å². The SMILES string of the molecule is O=C(CC[C@@H]1NC(=O)N(Cc2ccccc2)C1=O)Nc1nc2c(s1)CCCCC2. The van der Waals surface area contributed by atoms with Crippen LogP contribution in [0.25, 0.3) is 0 Å². The maximum Gasteiger partial charge on any atom is 0.325 e. The van der Waals surface area contributed by atoms with Gasteiger partial charge < -0.3 is 10.6 Å². The molecule has 1 atom stereocenters. The first kappa shape index (κ1) is 19.6. The number of aromatic nitrogens is 1. The molecular formula is C21H24N4O3S. The lowest BCUT2D eigenvalue weighted by Gasteiger charge is -2.13. The van der Waals surface area contributed by atoms with Gasteiger partial charge in [-0.2, -0.15) is 0 Å². The molecule has 4 rings (SSSR count). The Morgan fingerprint density at radius 1 is 1.17 bits per heavy atom. The van der Waals surface area contributed by atoms with Crippen LogP contribution >= 0.6 is 11.3 Å². The summed E-state index contributed by atoms with van der Waals surface area (Å²) in [5, 5.41) is 6.17. The number of carbonyl (C=O) groups excluding carboxylic acids is 3. The van der Waals surface area contributed by atoms with Gasteiger partial charge in [-0.25, -0.2) is 9.78 Å². The molecule has 152 valence electrons. The van der Waals surface area contributed by atoms with E-state index in [0.29, 0.717) is 5.13 Å². The third-order valence-electron chi connectivity index (χ3n) is 5.29. The fourth-order valence-corrected chi connectivity index (χ4v) is 4.79. The van der Waals surface area contributed by atoms with Crippen molar-refractivity contribution in [1.29, 1.82) is 0 Å². The third-order valence-corrected chi connectivity index (χ3v) is 6.37. The quantitative estimate of drug-likeness (QED) is 0.563. The first-order valence-electron chi connectivity index (χ1n) is 10.0. The number of benzene rings is 1. The van der Waals surface area contributed by atoms with E-state index in [0.717, 1.165) is 30.5 Å². The number of nitrogens with zero attached hydrogens (tertiary/aromatic N) is 2. The predicted molar refractivity (Wildman–Crippen MR) is 111 cm³/mol. The predicted octanol–water partition coefficient (Wildman–Crippen LogP) is 3.25. The first-order valence-corrected chi connectivity index (χ1v) is 10.9. The molecule has 2 heterocycles. The van der Waals surface area contributed by atoms with E-state index in [4.69, 9.17) is 0 Å². The highest BCUT2D eigenvalue weighted by molar-refractivity contribution is 7.15. The summed E-state index contributed by atoms with van der Waals surface area (Å²) < 4.78 is 0. The van der Waals surface area contributed by atoms with Crippen LogP contribution in [0.15, 0.2) is 30.3 Å². The Bertz CT molecular complexity index is 888. The highest BCUT2D eigenvalue weighted by atomic mass is 32.1. The number of nitrogens with one attached hydrogen (secondary N) is 2. The van der Waals surface area contributed by atoms with Crippen molar-refractivity contribution < 1.29 is 14.4 Å². The minimum atomic E-state index is -0.662. The smallest absolute Gasteiger partial charge is 0.325 e. The van der Waals surface area contributed by atoms with Gasteiger partial charge in [-0.05, 0) is 37.7 Å². The normalized spacial score (nSPS) is 18.9. The number of fused-ring (bicyclic) bond motifs is 1. The Morgan fingerprint density at radius 2 is 1.97 bits per heavy atom. The lowest BCUT2D eigenvalue weighted by Crippen LogP contribution is -2.31. The van der Waals surface area contributed by atoms with E-state index in [1.807, 2.05) is 30.3 Å². The molecule has 2 N–H and O–H groups in total. The summed E-state index contributed by atoms with van der Waals surface area (Å²) in [4.78, 5) is 44.1. The number of hydrogen-bond acceptors (Lipinski definition) is 5. The number of anilines is 1. The van der Waals surface area contributed by atoms with Gasteiger partial charge in [-0.1, -0.05) is 36.8 Å². The van der Waals surface area contributed by atoms with E-state index in [1.54, 1.807) is 11.3 Å². The largest absolute Gasteiger partial charge is 0.326 e. The van der Waals surface area contributed by atoms with E-state index < -0.39 is 12.1 Å². The number of hydrogen-bond donors (Lipinski definition) is 2. The van der Waals surface area contributed by atoms with Gasteiger partial charge in [0.2, 0.25) is 5.91 Å².